The van der Waals surface area contributed by atoms with Crippen LogP contribution in [-0.2, 0) is 6.42 Å². The van der Waals surface area contributed by atoms with Crippen LogP contribution in [0.25, 0.3) is 10.9 Å². The summed E-state index contributed by atoms with van der Waals surface area (Å²) in [7, 11) is 0. The Morgan fingerprint density at radius 1 is 1.00 bits per heavy atom. The van der Waals surface area contributed by atoms with Gasteiger partial charge in [0.05, 0.1) is 23.1 Å². The Morgan fingerprint density at radius 3 is 2.71 bits per heavy atom. The number of piperidine rings is 2. The molecule has 2 saturated heterocycles. The normalized spacial score (nSPS) is 19.4. The molecule has 3 N–H and O–H groups in total. The Balaban J connectivity index is 1.07. The number of anilines is 3. The van der Waals surface area contributed by atoms with Crippen molar-refractivity contribution in [3.8, 4) is 0 Å². The molecule has 0 unspecified atom stereocenters. The van der Waals surface area contributed by atoms with Gasteiger partial charge in [0.2, 0.25) is 0 Å². The average Bonchev–Trinajstić information content (AvgIpc) is 3.52. The number of H-pyrrole nitrogens is 1. The van der Waals surface area contributed by atoms with Gasteiger partial charge in [-0.3, -0.25) is 10.1 Å². The van der Waals surface area contributed by atoms with Crippen LogP contribution < -0.4 is 20.7 Å². The third kappa shape index (κ3) is 4.18. The molecule has 34 heavy (non-hydrogen) atoms. The lowest BCUT2D eigenvalue weighted by Crippen LogP contribution is -2.46. The number of nitrogens with one attached hydrogen (secondary N) is 3. The number of aromatic amines is 1. The lowest BCUT2D eigenvalue weighted by Gasteiger charge is -2.41. The number of likely N-dealkylation sites (tertiary alicyclic amines) is 1. The number of hydrazine groups is 1. The maximum atomic E-state index is 12.7. The fourth-order valence-corrected chi connectivity index (χ4v) is 5.82. The van der Waals surface area contributed by atoms with Crippen LogP contribution in [0.3, 0.4) is 0 Å². The second-order valence-corrected chi connectivity index (χ2v) is 9.73. The van der Waals surface area contributed by atoms with Gasteiger partial charge in [0.25, 0.3) is 0 Å². The lowest BCUT2D eigenvalue weighted by molar-refractivity contribution is 0.141. The lowest BCUT2D eigenvalue weighted by atomic mass is 9.99. The molecule has 0 radical (unpaired) electrons. The van der Waals surface area contributed by atoms with Crippen molar-refractivity contribution >= 4 is 34.0 Å². The first-order chi connectivity index (χ1) is 16.7. The minimum absolute atomic E-state index is 0.245. The van der Waals surface area contributed by atoms with Crippen molar-refractivity contribution in [2.24, 2.45) is 0 Å². The van der Waals surface area contributed by atoms with Gasteiger partial charge in [0.15, 0.2) is 0 Å². The molecule has 0 atom stereocenters. The summed E-state index contributed by atoms with van der Waals surface area (Å²) in [5.74, 6) is 0. The van der Waals surface area contributed by atoms with Gasteiger partial charge in [-0.25, -0.2) is 10.2 Å². The Hall–Kier alpha value is -3.26. The third-order valence-corrected chi connectivity index (χ3v) is 7.66. The van der Waals surface area contributed by atoms with Crippen LogP contribution in [-0.4, -0.2) is 59.9 Å². The zero-order valence-electron chi connectivity index (χ0n) is 19.6. The van der Waals surface area contributed by atoms with Crippen molar-refractivity contribution in [1.29, 1.82) is 0 Å². The van der Waals surface area contributed by atoms with Crippen LogP contribution >= 0.6 is 0 Å². The molecule has 6 rings (SSSR count). The number of carbonyl (C=O) groups is 1. The number of urea groups is 1. The van der Waals surface area contributed by atoms with Crippen LogP contribution in [0.2, 0.25) is 0 Å². The predicted octanol–water partition coefficient (Wildman–Crippen LogP) is 4.12. The molecule has 2 fully saturated rings. The van der Waals surface area contributed by atoms with E-state index in [0.717, 1.165) is 54.4 Å². The minimum Gasteiger partial charge on any atom is -0.371 e. The van der Waals surface area contributed by atoms with Gasteiger partial charge in [-0.2, -0.15) is 5.10 Å². The summed E-state index contributed by atoms with van der Waals surface area (Å²) in [6.07, 6.45) is 9.32. The Kier molecular flexibility index (Phi) is 5.74. The fourth-order valence-electron chi connectivity index (χ4n) is 5.82. The van der Waals surface area contributed by atoms with E-state index in [9.17, 15) is 4.79 Å². The summed E-state index contributed by atoms with van der Waals surface area (Å²) in [6.45, 7) is 5.61. The van der Waals surface area contributed by atoms with Crippen molar-refractivity contribution in [3.05, 3.63) is 48.2 Å². The largest absolute Gasteiger partial charge is 0.371 e. The molecular formula is C26H33N7O. The Labute approximate surface area is 200 Å². The molecule has 0 spiro atoms. The van der Waals surface area contributed by atoms with Gasteiger partial charge >= 0.3 is 6.03 Å². The highest BCUT2D eigenvalue weighted by Crippen LogP contribution is 2.32. The summed E-state index contributed by atoms with van der Waals surface area (Å²) in [6, 6.07) is 12.9. The first-order valence-corrected chi connectivity index (χ1v) is 12.6. The van der Waals surface area contributed by atoms with E-state index in [1.807, 2.05) is 23.2 Å². The number of aromatic nitrogens is 2. The molecule has 1 aromatic heterocycles. The second kappa shape index (κ2) is 9.18. The maximum absolute atomic E-state index is 12.7. The molecule has 0 aliphatic carbocycles. The topological polar surface area (TPSA) is 79.5 Å². The highest BCUT2D eigenvalue weighted by molar-refractivity contribution is 6.00. The molecule has 4 heterocycles. The summed E-state index contributed by atoms with van der Waals surface area (Å²) >= 11 is 0. The Morgan fingerprint density at radius 2 is 1.85 bits per heavy atom. The summed E-state index contributed by atoms with van der Waals surface area (Å²) in [4.78, 5) is 18.0. The van der Waals surface area contributed by atoms with Crippen molar-refractivity contribution < 1.29 is 4.79 Å². The number of benzene rings is 2. The average molecular weight is 460 g/mol. The second-order valence-electron chi connectivity index (χ2n) is 9.73. The molecule has 0 bridgehead atoms. The fraction of sp³-hybridized carbons (Fsp3) is 0.462. The summed E-state index contributed by atoms with van der Waals surface area (Å²) in [5.41, 5.74) is 8.36. The number of hydrogen-bond donors (Lipinski definition) is 3. The molecule has 0 saturated carbocycles. The molecule has 2 aromatic carbocycles. The van der Waals surface area contributed by atoms with Gasteiger partial charge in [0, 0.05) is 36.7 Å². The molecule has 3 aliphatic rings. The number of carbonyl (C=O) groups excluding carboxylic acids is 1. The molecule has 8 heteroatoms. The van der Waals surface area contributed by atoms with Gasteiger partial charge in [-0.1, -0.05) is 12.5 Å². The van der Waals surface area contributed by atoms with Crippen LogP contribution in [0.4, 0.5) is 21.9 Å². The van der Waals surface area contributed by atoms with Gasteiger partial charge in [-0.15, -0.1) is 0 Å². The SMILES string of the molecule is O=C(Nc1cccc2[nH]ncc12)NN1CCc2cc(N3CCC(N4CCCCC4)CC3)ccc21. The number of fused-ring (bicyclic) bond motifs is 2. The standard InChI is InChI=1S/C26H33N7O/c34-26(28-23-5-4-6-24-22(23)18-27-29-24)30-33-16-9-19-17-21(7-8-25(19)33)32-14-10-20(11-15-32)31-12-2-1-3-13-31/h4-8,17-18,20H,1-3,9-16H2,(H,27,29)(H2,28,30,34). The highest BCUT2D eigenvalue weighted by Gasteiger charge is 2.27. The van der Waals surface area contributed by atoms with Crippen LogP contribution in [0.15, 0.2) is 42.6 Å². The van der Waals surface area contributed by atoms with E-state index in [2.05, 4.69) is 48.9 Å². The number of hydrogen-bond acceptors (Lipinski definition) is 5. The molecule has 2 amide bonds. The monoisotopic (exact) mass is 459 g/mol. The van der Waals surface area contributed by atoms with E-state index in [-0.39, 0.29) is 6.03 Å². The van der Waals surface area contributed by atoms with Crippen molar-refractivity contribution in [2.75, 3.05) is 47.9 Å². The maximum Gasteiger partial charge on any atom is 0.338 e. The van der Waals surface area contributed by atoms with E-state index in [1.165, 1.54) is 56.4 Å². The Bertz CT molecular complexity index is 1160. The molecule has 3 aromatic rings. The molecular weight excluding hydrogens is 426 g/mol. The van der Waals surface area contributed by atoms with Crippen LogP contribution in [0.5, 0.6) is 0 Å². The zero-order valence-corrected chi connectivity index (χ0v) is 19.6. The zero-order chi connectivity index (χ0) is 22.9. The van der Waals surface area contributed by atoms with Gasteiger partial charge in [-0.05, 0) is 81.1 Å². The van der Waals surface area contributed by atoms with Crippen molar-refractivity contribution in [1.82, 2.24) is 20.5 Å². The van der Waals surface area contributed by atoms with E-state index in [1.54, 1.807) is 6.20 Å². The number of amides is 2. The summed E-state index contributed by atoms with van der Waals surface area (Å²) < 4.78 is 0. The number of nitrogens with zero attached hydrogens (tertiary/aromatic N) is 4. The summed E-state index contributed by atoms with van der Waals surface area (Å²) in [5, 5.41) is 12.8. The van der Waals surface area contributed by atoms with Crippen molar-refractivity contribution in [2.45, 2.75) is 44.6 Å². The third-order valence-electron chi connectivity index (χ3n) is 7.66. The van der Waals surface area contributed by atoms with Gasteiger partial charge in [0.1, 0.15) is 0 Å². The van der Waals surface area contributed by atoms with E-state index >= 15 is 0 Å². The van der Waals surface area contributed by atoms with Crippen LogP contribution in [0, 0.1) is 0 Å². The number of rotatable bonds is 4. The van der Waals surface area contributed by atoms with E-state index in [0.29, 0.717) is 0 Å². The van der Waals surface area contributed by atoms with Crippen molar-refractivity contribution in [3.63, 3.8) is 0 Å². The molecule has 8 nitrogen and oxygen atoms in total. The minimum atomic E-state index is -0.245. The van der Waals surface area contributed by atoms with E-state index in [4.69, 9.17) is 0 Å². The first kappa shape index (κ1) is 21.3. The highest BCUT2D eigenvalue weighted by atomic mass is 16.2. The van der Waals surface area contributed by atoms with Gasteiger partial charge < -0.3 is 15.1 Å². The first-order valence-electron chi connectivity index (χ1n) is 12.6. The molecule has 3 aliphatic heterocycles. The van der Waals surface area contributed by atoms with E-state index < -0.39 is 0 Å². The van der Waals surface area contributed by atoms with Crippen LogP contribution in [0.1, 0.15) is 37.7 Å². The predicted molar refractivity (Wildman–Crippen MR) is 136 cm³/mol. The molecule has 178 valence electrons. The quantitative estimate of drug-likeness (QED) is 0.547. The smallest absolute Gasteiger partial charge is 0.338 e.